The van der Waals surface area contributed by atoms with Crippen molar-refractivity contribution in [1.29, 1.82) is 0 Å². The smallest absolute Gasteiger partial charge is 0.306 e. The van der Waals surface area contributed by atoms with Gasteiger partial charge in [-0.3, -0.25) is 4.79 Å². The Morgan fingerprint density at radius 1 is 1.35 bits per heavy atom. The molecule has 0 bridgehead atoms. The average molecular weight is 367 g/mol. The molecule has 5 nitrogen and oxygen atoms in total. The van der Waals surface area contributed by atoms with Gasteiger partial charge in [-0.2, -0.15) is 0 Å². The van der Waals surface area contributed by atoms with Crippen LogP contribution in [0.3, 0.4) is 0 Å². The number of carbonyl (C=O) groups excluding carboxylic acids is 1. The van der Waals surface area contributed by atoms with Crippen LogP contribution in [0.25, 0.3) is 5.57 Å². The van der Waals surface area contributed by atoms with Crippen LogP contribution in [0.4, 0.5) is 0 Å². The first-order valence-corrected chi connectivity index (χ1v) is 9.33. The third-order valence-electron chi connectivity index (χ3n) is 4.12. The van der Waals surface area contributed by atoms with Gasteiger partial charge < -0.3 is 10.4 Å². The van der Waals surface area contributed by atoms with E-state index in [0.29, 0.717) is 18.1 Å². The molecule has 1 atom stereocenters. The second-order valence-corrected chi connectivity index (χ2v) is 7.06. The number of aliphatic imine (C=N–C) groups is 1. The van der Waals surface area contributed by atoms with Crippen molar-refractivity contribution in [2.45, 2.75) is 13.5 Å². The number of aliphatic hydroxyl groups excluding tert-OH is 1. The van der Waals surface area contributed by atoms with Crippen LogP contribution in [-0.4, -0.2) is 34.9 Å². The van der Waals surface area contributed by atoms with Crippen LogP contribution in [0.1, 0.15) is 27.2 Å². The van der Waals surface area contributed by atoms with Gasteiger partial charge in [-0.25, -0.2) is 9.98 Å². The van der Waals surface area contributed by atoms with Crippen molar-refractivity contribution in [2.75, 3.05) is 13.2 Å². The molecule has 1 heterocycles. The molecule has 2 N–H and O–H groups in total. The first-order valence-electron chi connectivity index (χ1n) is 8.52. The van der Waals surface area contributed by atoms with Crippen LogP contribution in [0.5, 0.6) is 0 Å². The number of amides is 1. The molecule has 0 fully saturated rings. The van der Waals surface area contributed by atoms with Gasteiger partial charge in [0.25, 0.3) is 0 Å². The number of allylic oxidation sites excluding steroid dienone is 4. The number of nitrogens with zero attached hydrogens (tertiary/aromatic N) is 2. The zero-order valence-corrected chi connectivity index (χ0v) is 15.4. The maximum Gasteiger partial charge on any atom is 0.306 e. The van der Waals surface area contributed by atoms with Crippen molar-refractivity contribution < 1.29 is 9.90 Å². The lowest BCUT2D eigenvalue weighted by molar-refractivity contribution is 0.100. The lowest BCUT2D eigenvalue weighted by Crippen LogP contribution is -2.16. The van der Waals surface area contributed by atoms with Gasteiger partial charge in [0.05, 0.1) is 12.3 Å². The number of rotatable bonds is 6. The summed E-state index contributed by atoms with van der Waals surface area (Å²) < 4.78 is 0. The van der Waals surface area contributed by atoms with Gasteiger partial charge in [0.1, 0.15) is 0 Å². The second-order valence-electron chi connectivity index (χ2n) is 5.94. The molecule has 1 aromatic heterocycles. The largest absolute Gasteiger partial charge is 0.395 e. The van der Waals surface area contributed by atoms with E-state index in [4.69, 9.17) is 5.11 Å². The Morgan fingerprint density at radius 3 is 2.92 bits per heavy atom. The Morgan fingerprint density at radius 2 is 2.15 bits per heavy atom. The number of hydrogen-bond acceptors (Lipinski definition) is 5. The molecule has 0 spiro atoms. The van der Waals surface area contributed by atoms with E-state index < -0.39 is 0 Å². The topological polar surface area (TPSA) is 74.6 Å². The summed E-state index contributed by atoms with van der Waals surface area (Å²) in [5.41, 5.74) is 3.02. The van der Waals surface area contributed by atoms with Crippen LogP contribution in [0, 0.1) is 5.92 Å². The molecule has 1 unspecified atom stereocenters. The Labute approximate surface area is 156 Å². The summed E-state index contributed by atoms with van der Waals surface area (Å²) in [6.07, 6.45) is 7.56. The van der Waals surface area contributed by atoms with E-state index >= 15 is 0 Å². The van der Waals surface area contributed by atoms with Crippen LogP contribution >= 0.6 is 11.3 Å². The van der Waals surface area contributed by atoms with Gasteiger partial charge in [0.15, 0.2) is 5.01 Å². The number of thiazole rings is 1. The number of hydrogen-bond donors (Lipinski definition) is 2. The van der Waals surface area contributed by atoms with Crippen molar-refractivity contribution >= 4 is 28.5 Å². The molecule has 0 radical (unpaired) electrons. The summed E-state index contributed by atoms with van der Waals surface area (Å²) in [6.45, 7) is 3.24. The number of nitrogens with one attached hydrogen (secondary N) is 1. The molecule has 2 aromatic rings. The van der Waals surface area contributed by atoms with E-state index in [0.717, 1.165) is 21.7 Å². The van der Waals surface area contributed by atoms with Crippen molar-refractivity contribution in [3.63, 3.8) is 0 Å². The quantitative estimate of drug-likeness (QED) is 0.770. The molecule has 134 valence electrons. The molecule has 6 heteroatoms. The average Bonchev–Trinajstić information content (AvgIpc) is 3.13. The molecule has 1 aliphatic rings. The predicted molar refractivity (Wildman–Crippen MR) is 105 cm³/mol. The molecule has 1 amide bonds. The fourth-order valence-electron chi connectivity index (χ4n) is 2.75. The molecule has 26 heavy (non-hydrogen) atoms. The van der Waals surface area contributed by atoms with Crippen molar-refractivity contribution in [1.82, 2.24) is 10.3 Å². The van der Waals surface area contributed by atoms with Gasteiger partial charge in [0.2, 0.25) is 0 Å². The van der Waals surface area contributed by atoms with Gasteiger partial charge in [-0.15, -0.1) is 11.3 Å². The van der Waals surface area contributed by atoms with Crippen LogP contribution in [0.2, 0.25) is 0 Å². The monoisotopic (exact) mass is 367 g/mol. The second kappa shape index (κ2) is 8.80. The highest BCUT2D eigenvalue weighted by molar-refractivity contribution is 7.13. The summed E-state index contributed by atoms with van der Waals surface area (Å²) in [5, 5.41) is 12.2. The third kappa shape index (κ3) is 4.40. The Hall–Kier alpha value is -2.41. The highest BCUT2D eigenvalue weighted by Crippen LogP contribution is 2.28. The first-order chi connectivity index (χ1) is 12.7. The SMILES string of the molecule is CC1C(c2ccccc2)=CC=CC1=NC(=O)c1ncc(CNCCO)s1. The lowest BCUT2D eigenvalue weighted by atomic mass is 9.86. The van der Waals surface area contributed by atoms with Gasteiger partial charge in [0, 0.05) is 30.1 Å². The van der Waals surface area contributed by atoms with E-state index in [1.165, 1.54) is 11.3 Å². The predicted octanol–water partition coefficient (Wildman–Crippen LogP) is 3.10. The zero-order chi connectivity index (χ0) is 18.4. The Balaban J connectivity index is 1.73. The Kier molecular flexibility index (Phi) is 6.22. The molecular formula is C20H21N3O2S. The van der Waals surface area contributed by atoms with Crippen LogP contribution < -0.4 is 5.32 Å². The summed E-state index contributed by atoms with van der Waals surface area (Å²) >= 11 is 1.33. The van der Waals surface area contributed by atoms with Crippen LogP contribution in [0.15, 0.2) is 59.7 Å². The summed E-state index contributed by atoms with van der Waals surface area (Å²) in [5.74, 6) is -0.277. The maximum absolute atomic E-state index is 12.5. The van der Waals surface area contributed by atoms with Gasteiger partial charge in [-0.1, -0.05) is 49.4 Å². The van der Waals surface area contributed by atoms with Crippen molar-refractivity contribution in [3.05, 3.63) is 70.2 Å². The highest BCUT2D eigenvalue weighted by Gasteiger charge is 2.20. The highest BCUT2D eigenvalue weighted by atomic mass is 32.1. The first kappa shape index (κ1) is 18.4. The van der Waals surface area contributed by atoms with E-state index in [-0.39, 0.29) is 18.4 Å². The summed E-state index contributed by atoms with van der Waals surface area (Å²) in [6, 6.07) is 10.1. The molecule has 1 aromatic carbocycles. The molecular weight excluding hydrogens is 346 g/mol. The minimum Gasteiger partial charge on any atom is -0.395 e. The molecule has 3 rings (SSSR count). The van der Waals surface area contributed by atoms with Gasteiger partial charge in [-0.05, 0) is 17.2 Å². The molecule has 0 aliphatic heterocycles. The van der Waals surface area contributed by atoms with E-state index in [2.05, 4.69) is 40.4 Å². The van der Waals surface area contributed by atoms with Crippen molar-refractivity contribution in [3.8, 4) is 0 Å². The van der Waals surface area contributed by atoms with Crippen LogP contribution in [-0.2, 0) is 6.54 Å². The summed E-state index contributed by atoms with van der Waals surface area (Å²) in [4.78, 5) is 21.9. The zero-order valence-electron chi connectivity index (χ0n) is 14.6. The number of aliphatic hydroxyl groups is 1. The van der Waals surface area contributed by atoms with E-state index in [1.807, 2.05) is 30.4 Å². The molecule has 1 aliphatic carbocycles. The number of benzene rings is 1. The van der Waals surface area contributed by atoms with E-state index in [9.17, 15) is 4.79 Å². The fraction of sp³-hybridized carbons (Fsp3) is 0.250. The standard InChI is InChI=1S/C20H21N3O2S/c1-14-17(15-6-3-2-4-7-15)8-5-9-18(14)23-19(25)20-22-13-16(26-20)12-21-10-11-24/h2-9,13-14,21,24H,10-12H2,1H3. The third-order valence-corrected chi connectivity index (χ3v) is 5.10. The normalized spacial score (nSPS) is 18.2. The minimum absolute atomic E-state index is 0.0389. The molecule has 0 saturated heterocycles. The summed E-state index contributed by atoms with van der Waals surface area (Å²) in [7, 11) is 0. The maximum atomic E-state index is 12.5. The van der Waals surface area contributed by atoms with E-state index in [1.54, 1.807) is 6.20 Å². The number of aromatic nitrogens is 1. The fourth-order valence-corrected chi connectivity index (χ4v) is 3.52. The lowest BCUT2D eigenvalue weighted by Gasteiger charge is -2.19. The Bertz CT molecular complexity index is 853. The minimum atomic E-state index is -0.316. The number of carbonyl (C=O) groups is 1. The van der Waals surface area contributed by atoms with Crippen molar-refractivity contribution in [2.24, 2.45) is 10.9 Å². The molecule has 0 saturated carbocycles. The van der Waals surface area contributed by atoms with Gasteiger partial charge >= 0.3 is 5.91 Å².